The molecule has 1 aromatic rings. The number of carbonyl (C=O) groups is 2. The number of hydrogen-bond acceptors (Lipinski definition) is 3. The van der Waals surface area contributed by atoms with Gasteiger partial charge in [0.05, 0.1) is 6.61 Å². The van der Waals surface area contributed by atoms with Crippen LogP contribution in [0, 0.1) is 5.92 Å². The minimum absolute atomic E-state index is 0.165. The fourth-order valence-corrected chi connectivity index (χ4v) is 2.03. The van der Waals surface area contributed by atoms with Crippen molar-refractivity contribution in [3.63, 3.8) is 0 Å². The largest absolute Gasteiger partial charge is 0.465 e. The van der Waals surface area contributed by atoms with Crippen molar-refractivity contribution in [3.05, 3.63) is 35.9 Å². The van der Waals surface area contributed by atoms with E-state index in [1.165, 1.54) is 4.90 Å². The Morgan fingerprint density at radius 2 is 1.86 bits per heavy atom. The van der Waals surface area contributed by atoms with Gasteiger partial charge in [-0.15, -0.1) is 0 Å². The number of hydrogen-bond donors (Lipinski definition) is 3. The van der Waals surface area contributed by atoms with E-state index in [1.54, 1.807) is 13.8 Å². The molecule has 0 aromatic heterocycles. The molecule has 0 aliphatic heterocycles. The Bertz CT molecular complexity index is 462. The van der Waals surface area contributed by atoms with Crippen LogP contribution in [0.15, 0.2) is 30.3 Å². The fourth-order valence-electron chi connectivity index (χ4n) is 2.03. The summed E-state index contributed by atoms with van der Waals surface area (Å²) in [7, 11) is 0. The number of nitrogens with zero attached hydrogens (tertiary/aromatic N) is 1. The first-order valence-corrected chi connectivity index (χ1v) is 6.88. The maximum absolute atomic E-state index is 12.5. The lowest BCUT2D eigenvalue weighted by Gasteiger charge is -2.28. The topological polar surface area (TPSA) is 89.9 Å². The van der Waals surface area contributed by atoms with Crippen LogP contribution in [0.25, 0.3) is 0 Å². The summed E-state index contributed by atoms with van der Waals surface area (Å²) in [4.78, 5) is 24.8. The predicted octanol–water partition coefficient (Wildman–Crippen LogP) is 1.30. The van der Waals surface area contributed by atoms with Crippen molar-refractivity contribution in [1.82, 2.24) is 10.2 Å². The standard InChI is InChI=1S/C15H22N2O4/c1-11(2)13(16-15(20)21)14(19)17(8-9-18)10-12-6-4-3-5-7-12/h3-7,11,13,16,18H,8-10H2,1-2H3,(H,20,21). The van der Waals surface area contributed by atoms with Crippen LogP contribution < -0.4 is 5.32 Å². The van der Waals surface area contributed by atoms with Crippen molar-refractivity contribution in [2.75, 3.05) is 13.2 Å². The first-order chi connectivity index (χ1) is 9.95. The lowest BCUT2D eigenvalue weighted by molar-refractivity contribution is -0.135. The van der Waals surface area contributed by atoms with Crippen LogP contribution in [0.2, 0.25) is 0 Å². The van der Waals surface area contributed by atoms with E-state index < -0.39 is 12.1 Å². The summed E-state index contributed by atoms with van der Waals surface area (Å²) >= 11 is 0. The SMILES string of the molecule is CC(C)C(NC(=O)O)C(=O)N(CCO)Cc1ccccc1. The van der Waals surface area contributed by atoms with Crippen molar-refractivity contribution in [2.24, 2.45) is 5.92 Å². The molecular weight excluding hydrogens is 272 g/mol. The molecule has 0 aliphatic carbocycles. The normalized spacial score (nSPS) is 12.0. The van der Waals surface area contributed by atoms with E-state index in [2.05, 4.69) is 5.32 Å². The molecule has 1 aromatic carbocycles. The summed E-state index contributed by atoms with van der Waals surface area (Å²) in [5.41, 5.74) is 0.928. The summed E-state index contributed by atoms with van der Waals surface area (Å²) in [6, 6.07) is 8.56. The first-order valence-electron chi connectivity index (χ1n) is 6.88. The Hall–Kier alpha value is -2.08. The average Bonchev–Trinajstić information content (AvgIpc) is 2.44. The van der Waals surface area contributed by atoms with Crippen LogP contribution in [0.3, 0.4) is 0 Å². The van der Waals surface area contributed by atoms with Crippen LogP contribution in [-0.2, 0) is 11.3 Å². The van der Waals surface area contributed by atoms with Gasteiger partial charge in [-0.1, -0.05) is 44.2 Å². The highest BCUT2D eigenvalue weighted by molar-refractivity contribution is 5.85. The van der Waals surface area contributed by atoms with Crippen molar-refractivity contribution in [1.29, 1.82) is 0 Å². The molecule has 0 bridgehead atoms. The third-order valence-corrected chi connectivity index (χ3v) is 3.11. The first kappa shape index (κ1) is 17.0. The molecule has 1 atom stereocenters. The lowest BCUT2D eigenvalue weighted by atomic mass is 10.0. The smallest absolute Gasteiger partial charge is 0.405 e. The molecule has 0 fully saturated rings. The Balaban J connectivity index is 2.86. The van der Waals surface area contributed by atoms with Gasteiger partial charge in [0, 0.05) is 13.1 Å². The van der Waals surface area contributed by atoms with Gasteiger partial charge >= 0.3 is 6.09 Å². The van der Waals surface area contributed by atoms with Crippen molar-refractivity contribution in [3.8, 4) is 0 Å². The minimum Gasteiger partial charge on any atom is -0.465 e. The second-order valence-corrected chi connectivity index (χ2v) is 5.14. The molecule has 21 heavy (non-hydrogen) atoms. The van der Waals surface area contributed by atoms with Crippen LogP contribution in [0.5, 0.6) is 0 Å². The molecule has 6 heteroatoms. The zero-order chi connectivity index (χ0) is 15.8. The van der Waals surface area contributed by atoms with Gasteiger partial charge in [0.25, 0.3) is 0 Å². The van der Waals surface area contributed by atoms with Crippen LogP contribution in [-0.4, -0.2) is 46.3 Å². The summed E-state index contributed by atoms with van der Waals surface area (Å²) in [5, 5.41) is 20.2. The molecule has 0 saturated carbocycles. The fraction of sp³-hybridized carbons (Fsp3) is 0.467. The number of aliphatic hydroxyl groups excluding tert-OH is 1. The maximum atomic E-state index is 12.5. The summed E-state index contributed by atoms with van der Waals surface area (Å²) < 4.78 is 0. The van der Waals surface area contributed by atoms with E-state index in [9.17, 15) is 9.59 Å². The van der Waals surface area contributed by atoms with Crippen LogP contribution >= 0.6 is 0 Å². The molecule has 3 N–H and O–H groups in total. The second kappa shape index (κ2) is 8.26. The number of nitrogens with one attached hydrogen (secondary N) is 1. The zero-order valence-corrected chi connectivity index (χ0v) is 12.3. The highest BCUT2D eigenvalue weighted by atomic mass is 16.4. The second-order valence-electron chi connectivity index (χ2n) is 5.14. The highest BCUT2D eigenvalue weighted by Gasteiger charge is 2.28. The zero-order valence-electron chi connectivity index (χ0n) is 12.3. The molecule has 0 saturated heterocycles. The molecule has 0 heterocycles. The van der Waals surface area contributed by atoms with E-state index in [1.807, 2.05) is 30.3 Å². The van der Waals surface area contributed by atoms with Gasteiger partial charge in [0.15, 0.2) is 0 Å². The number of carboxylic acid groups (broad SMARTS) is 1. The van der Waals surface area contributed by atoms with E-state index in [0.717, 1.165) is 5.56 Å². The van der Waals surface area contributed by atoms with E-state index in [4.69, 9.17) is 10.2 Å². The Labute approximate surface area is 124 Å². The number of benzene rings is 1. The molecule has 1 rings (SSSR count). The molecule has 116 valence electrons. The Morgan fingerprint density at radius 3 is 2.33 bits per heavy atom. The van der Waals surface area contributed by atoms with Gasteiger partial charge in [-0.05, 0) is 11.5 Å². The third-order valence-electron chi connectivity index (χ3n) is 3.11. The van der Waals surface area contributed by atoms with Gasteiger partial charge in [0.1, 0.15) is 6.04 Å². The lowest BCUT2D eigenvalue weighted by Crippen LogP contribution is -2.51. The van der Waals surface area contributed by atoms with Crippen molar-refractivity contribution >= 4 is 12.0 Å². The number of amides is 2. The average molecular weight is 294 g/mol. The summed E-state index contributed by atoms with van der Waals surface area (Å²) in [5.74, 6) is -0.504. The molecule has 1 unspecified atom stereocenters. The molecule has 2 amide bonds. The third kappa shape index (κ3) is 5.43. The molecular formula is C15H22N2O4. The number of rotatable bonds is 7. The van der Waals surface area contributed by atoms with E-state index >= 15 is 0 Å². The quantitative estimate of drug-likeness (QED) is 0.707. The van der Waals surface area contributed by atoms with Gasteiger partial charge in [0.2, 0.25) is 5.91 Å². The minimum atomic E-state index is -1.23. The maximum Gasteiger partial charge on any atom is 0.405 e. The Kier molecular flexibility index (Phi) is 6.68. The molecule has 0 radical (unpaired) electrons. The monoisotopic (exact) mass is 294 g/mol. The summed E-state index contributed by atoms with van der Waals surface area (Å²) in [6.07, 6.45) is -1.23. The van der Waals surface area contributed by atoms with Crippen LogP contribution in [0.4, 0.5) is 4.79 Å². The van der Waals surface area contributed by atoms with Gasteiger partial charge in [-0.3, -0.25) is 4.79 Å². The number of carbonyl (C=O) groups excluding carboxylic acids is 1. The van der Waals surface area contributed by atoms with Crippen molar-refractivity contribution < 1.29 is 19.8 Å². The number of aliphatic hydroxyl groups is 1. The molecule has 0 aliphatic rings. The highest BCUT2D eigenvalue weighted by Crippen LogP contribution is 2.10. The molecule has 0 spiro atoms. The summed E-state index contributed by atoms with van der Waals surface area (Å²) in [6.45, 7) is 3.88. The molecule has 6 nitrogen and oxygen atoms in total. The van der Waals surface area contributed by atoms with Gasteiger partial charge in [-0.2, -0.15) is 0 Å². The van der Waals surface area contributed by atoms with Crippen LogP contribution in [0.1, 0.15) is 19.4 Å². The predicted molar refractivity (Wildman–Crippen MR) is 78.7 cm³/mol. The Morgan fingerprint density at radius 1 is 1.24 bits per heavy atom. The van der Waals surface area contributed by atoms with E-state index in [0.29, 0.717) is 6.54 Å². The van der Waals surface area contributed by atoms with Gasteiger partial charge in [-0.25, -0.2) is 4.79 Å². The van der Waals surface area contributed by atoms with Crippen molar-refractivity contribution in [2.45, 2.75) is 26.4 Å². The van der Waals surface area contributed by atoms with E-state index in [-0.39, 0.29) is 25.0 Å². The van der Waals surface area contributed by atoms with Gasteiger partial charge < -0.3 is 20.4 Å².